The minimum absolute atomic E-state index is 0.0444. The number of nitrogens with one attached hydrogen (secondary N) is 1. The molecule has 0 spiro atoms. The van der Waals surface area contributed by atoms with Gasteiger partial charge in [-0.25, -0.2) is 0 Å². The Labute approximate surface area is 97.7 Å². The molecule has 0 aromatic carbocycles. The molecule has 17 heavy (non-hydrogen) atoms. The highest BCUT2D eigenvalue weighted by molar-refractivity contribution is 5.86. The summed E-state index contributed by atoms with van der Waals surface area (Å²) in [7, 11) is 0. The molecule has 0 radical (unpaired) electrons. The van der Waals surface area contributed by atoms with E-state index in [2.05, 4.69) is 5.32 Å². The molecule has 3 atom stereocenters. The van der Waals surface area contributed by atoms with Gasteiger partial charge in [0, 0.05) is 19.1 Å². The third-order valence-corrected chi connectivity index (χ3v) is 3.12. The molecule has 0 aliphatic carbocycles. The number of alkyl halides is 3. The van der Waals surface area contributed by atoms with Crippen molar-refractivity contribution in [3.63, 3.8) is 0 Å². The fourth-order valence-electron chi connectivity index (χ4n) is 1.58. The number of halogens is 3. The van der Waals surface area contributed by atoms with Gasteiger partial charge >= 0.3 is 6.18 Å². The fraction of sp³-hybridized carbons (Fsp3) is 0.900. The number of nitrogens with two attached hydrogens (primary N) is 1. The van der Waals surface area contributed by atoms with E-state index in [-0.39, 0.29) is 18.6 Å². The molecule has 7 heteroatoms. The van der Waals surface area contributed by atoms with Crippen LogP contribution >= 0.6 is 0 Å². The van der Waals surface area contributed by atoms with Crippen LogP contribution in [-0.2, 0) is 9.53 Å². The molecular weight excluding hydrogens is 237 g/mol. The van der Waals surface area contributed by atoms with Gasteiger partial charge in [0.05, 0.1) is 6.10 Å². The van der Waals surface area contributed by atoms with E-state index in [1.165, 1.54) is 0 Å². The Balaban J connectivity index is 2.49. The normalized spacial score (nSPS) is 28.8. The maximum atomic E-state index is 12.5. The third-order valence-electron chi connectivity index (χ3n) is 3.12. The van der Waals surface area contributed by atoms with E-state index in [1.807, 2.05) is 6.92 Å². The summed E-state index contributed by atoms with van der Waals surface area (Å²) in [5.41, 5.74) is 2.14. The van der Waals surface area contributed by atoms with Crippen LogP contribution in [0, 0.1) is 5.92 Å². The summed E-state index contributed by atoms with van der Waals surface area (Å²) in [5, 5.41) is 2.24. The first-order chi connectivity index (χ1) is 7.66. The molecule has 1 saturated heterocycles. The quantitative estimate of drug-likeness (QED) is 0.783. The highest BCUT2D eigenvalue weighted by Gasteiger charge is 2.53. The maximum Gasteiger partial charge on any atom is 0.415 e. The van der Waals surface area contributed by atoms with Crippen LogP contribution < -0.4 is 11.1 Å². The average molecular weight is 254 g/mol. The lowest BCUT2D eigenvalue weighted by Crippen LogP contribution is -2.61. The Hall–Kier alpha value is -0.820. The number of carbonyl (C=O) groups is 1. The van der Waals surface area contributed by atoms with Gasteiger partial charge in [-0.1, -0.05) is 0 Å². The molecule has 4 nitrogen and oxygen atoms in total. The van der Waals surface area contributed by atoms with Crippen molar-refractivity contribution in [3.05, 3.63) is 0 Å². The van der Waals surface area contributed by atoms with Crippen molar-refractivity contribution < 1.29 is 22.7 Å². The molecule has 100 valence electrons. The van der Waals surface area contributed by atoms with Crippen LogP contribution in [0.2, 0.25) is 0 Å². The van der Waals surface area contributed by atoms with Crippen LogP contribution in [0.5, 0.6) is 0 Å². The van der Waals surface area contributed by atoms with Gasteiger partial charge in [0.1, 0.15) is 0 Å². The van der Waals surface area contributed by atoms with Crippen LogP contribution in [0.15, 0.2) is 0 Å². The molecule has 1 aliphatic rings. The van der Waals surface area contributed by atoms with Gasteiger partial charge < -0.3 is 15.8 Å². The van der Waals surface area contributed by atoms with Crippen molar-refractivity contribution in [2.24, 2.45) is 11.7 Å². The number of amides is 1. The summed E-state index contributed by atoms with van der Waals surface area (Å²) in [5.74, 6) is -1.16. The summed E-state index contributed by atoms with van der Waals surface area (Å²) in [6.45, 7) is 3.22. The van der Waals surface area contributed by atoms with E-state index < -0.39 is 17.6 Å². The highest BCUT2D eigenvalue weighted by Crippen LogP contribution is 2.28. The monoisotopic (exact) mass is 254 g/mol. The molecular formula is C10H17F3N2O2. The van der Waals surface area contributed by atoms with Gasteiger partial charge in [-0.15, -0.1) is 0 Å². The predicted molar refractivity (Wildman–Crippen MR) is 55.2 cm³/mol. The molecule has 1 rings (SSSR count). The molecule has 0 aromatic rings. The number of ether oxygens (including phenoxy) is 1. The average Bonchev–Trinajstić information content (AvgIpc) is 2.58. The summed E-state index contributed by atoms with van der Waals surface area (Å²) < 4.78 is 42.6. The SMILES string of the molecule is CC1OCCC1CNC(=O)C(C)(N)C(F)(F)F. The zero-order valence-electron chi connectivity index (χ0n) is 9.80. The Morgan fingerprint density at radius 1 is 1.53 bits per heavy atom. The molecule has 0 aromatic heterocycles. The van der Waals surface area contributed by atoms with Crippen LogP contribution in [-0.4, -0.2) is 36.9 Å². The Bertz CT molecular complexity index is 292. The predicted octanol–water partition coefficient (Wildman–Crippen LogP) is 0.807. The van der Waals surface area contributed by atoms with Gasteiger partial charge in [-0.2, -0.15) is 13.2 Å². The maximum absolute atomic E-state index is 12.5. The molecule has 0 bridgehead atoms. The van der Waals surface area contributed by atoms with Gasteiger partial charge in [-0.3, -0.25) is 4.79 Å². The van der Waals surface area contributed by atoms with Gasteiger partial charge in [0.25, 0.3) is 0 Å². The van der Waals surface area contributed by atoms with E-state index in [0.717, 1.165) is 6.42 Å². The standard InChI is InChI=1S/C10H17F3N2O2/c1-6-7(3-4-17-6)5-15-8(16)9(2,14)10(11,12)13/h6-7H,3-5,14H2,1-2H3,(H,15,16). The summed E-state index contributed by atoms with van der Waals surface area (Å²) >= 11 is 0. The van der Waals surface area contributed by atoms with Gasteiger partial charge in [-0.05, 0) is 20.3 Å². The summed E-state index contributed by atoms with van der Waals surface area (Å²) in [6, 6.07) is 0. The third kappa shape index (κ3) is 3.10. The topological polar surface area (TPSA) is 64.3 Å². The molecule has 1 amide bonds. The second kappa shape index (κ2) is 4.81. The molecule has 1 fully saturated rings. The molecule has 1 aliphatic heterocycles. The number of hydrogen-bond donors (Lipinski definition) is 2. The first-order valence-electron chi connectivity index (χ1n) is 5.41. The van der Waals surface area contributed by atoms with Gasteiger partial charge in [0.15, 0.2) is 5.54 Å². The number of carbonyl (C=O) groups excluding carboxylic acids is 1. The van der Waals surface area contributed by atoms with Crippen molar-refractivity contribution >= 4 is 5.91 Å². The fourth-order valence-corrected chi connectivity index (χ4v) is 1.58. The molecule has 3 unspecified atom stereocenters. The van der Waals surface area contributed by atoms with Crippen LogP contribution in [0.4, 0.5) is 13.2 Å². The summed E-state index contributed by atoms with van der Waals surface area (Å²) in [4.78, 5) is 11.4. The first kappa shape index (κ1) is 14.2. The van der Waals surface area contributed by atoms with E-state index in [9.17, 15) is 18.0 Å². The van der Waals surface area contributed by atoms with E-state index >= 15 is 0 Å². The van der Waals surface area contributed by atoms with E-state index in [4.69, 9.17) is 10.5 Å². The van der Waals surface area contributed by atoms with E-state index in [1.54, 1.807) is 0 Å². The lowest BCUT2D eigenvalue weighted by Gasteiger charge is -2.27. The number of rotatable bonds is 3. The largest absolute Gasteiger partial charge is 0.415 e. The highest BCUT2D eigenvalue weighted by atomic mass is 19.4. The smallest absolute Gasteiger partial charge is 0.378 e. The lowest BCUT2D eigenvalue weighted by molar-refractivity contribution is -0.187. The zero-order valence-corrected chi connectivity index (χ0v) is 9.80. The molecule has 0 saturated carbocycles. The zero-order chi connectivity index (χ0) is 13.3. The molecule has 3 N–H and O–H groups in total. The van der Waals surface area contributed by atoms with Crippen molar-refractivity contribution in [2.45, 2.75) is 38.1 Å². The Morgan fingerprint density at radius 3 is 2.53 bits per heavy atom. The Kier molecular flexibility index (Phi) is 4.03. The van der Waals surface area contributed by atoms with Crippen LogP contribution in [0.3, 0.4) is 0 Å². The van der Waals surface area contributed by atoms with Crippen LogP contribution in [0.1, 0.15) is 20.3 Å². The number of hydrogen-bond acceptors (Lipinski definition) is 3. The van der Waals surface area contributed by atoms with Crippen molar-refractivity contribution in [1.82, 2.24) is 5.32 Å². The van der Waals surface area contributed by atoms with Crippen molar-refractivity contribution in [1.29, 1.82) is 0 Å². The minimum Gasteiger partial charge on any atom is -0.378 e. The second-order valence-electron chi connectivity index (χ2n) is 4.53. The van der Waals surface area contributed by atoms with Crippen LogP contribution in [0.25, 0.3) is 0 Å². The summed E-state index contributed by atoms with van der Waals surface area (Å²) in [6.07, 6.45) is -4.07. The van der Waals surface area contributed by atoms with Crippen molar-refractivity contribution in [3.8, 4) is 0 Å². The molecule has 1 heterocycles. The van der Waals surface area contributed by atoms with E-state index in [0.29, 0.717) is 13.5 Å². The first-order valence-corrected chi connectivity index (χ1v) is 5.41. The Morgan fingerprint density at radius 2 is 2.12 bits per heavy atom. The van der Waals surface area contributed by atoms with Crippen molar-refractivity contribution in [2.75, 3.05) is 13.2 Å². The lowest BCUT2D eigenvalue weighted by atomic mass is 10.00. The van der Waals surface area contributed by atoms with Gasteiger partial charge in [0.2, 0.25) is 5.91 Å². The second-order valence-corrected chi connectivity index (χ2v) is 4.53. The minimum atomic E-state index is -4.76.